The lowest BCUT2D eigenvalue weighted by Crippen LogP contribution is -2.45. The third-order valence-corrected chi connectivity index (χ3v) is 3.65. The van der Waals surface area contributed by atoms with E-state index in [9.17, 15) is 9.90 Å². The van der Waals surface area contributed by atoms with E-state index in [-0.39, 0.29) is 24.3 Å². The molecule has 4 heteroatoms. The van der Waals surface area contributed by atoms with Gasteiger partial charge in [-0.2, -0.15) is 0 Å². The Morgan fingerprint density at radius 3 is 2.72 bits per heavy atom. The molecule has 2 rings (SSSR count). The Morgan fingerprint density at radius 2 is 2.17 bits per heavy atom. The molecule has 1 fully saturated rings. The van der Waals surface area contributed by atoms with Crippen molar-refractivity contribution in [2.75, 3.05) is 13.2 Å². The number of rotatable bonds is 4. The first-order chi connectivity index (χ1) is 8.65. The van der Waals surface area contributed by atoms with E-state index in [0.717, 1.165) is 19.3 Å². The normalized spacial score (nSPS) is 15.2. The van der Waals surface area contributed by atoms with E-state index in [2.05, 4.69) is 0 Å². The molecule has 2 N–H and O–H groups in total. The minimum Gasteiger partial charge on any atom is -0.508 e. The molecule has 4 nitrogen and oxygen atoms in total. The van der Waals surface area contributed by atoms with Crippen LogP contribution < -0.4 is 0 Å². The Bertz CT molecular complexity index is 441. The molecule has 0 heterocycles. The number of aliphatic hydroxyl groups is 1. The monoisotopic (exact) mass is 249 g/mol. The highest BCUT2D eigenvalue weighted by Gasteiger charge is 2.29. The number of carbonyl (C=O) groups is 1. The number of aromatic hydroxyl groups is 1. The fraction of sp³-hybridized carbons (Fsp3) is 0.500. The molecular weight excluding hydrogens is 230 g/mol. The van der Waals surface area contributed by atoms with Crippen molar-refractivity contribution in [1.29, 1.82) is 0 Å². The predicted molar refractivity (Wildman–Crippen MR) is 68.6 cm³/mol. The van der Waals surface area contributed by atoms with E-state index in [1.54, 1.807) is 30.0 Å². The maximum atomic E-state index is 12.4. The molecule has 0 aromatic heterocycles. The van der Waals surface area contributed by atoms with Gasteiger partial charge in [0, 0.05) is 23.7 Å². The van der Waals surface area contributed by atoms with Gasteiger partial charge in [0.15, 0.2) is 0 Å². The molecule has 0 unspecified atom stereocenters. The van der Waals surface area contributed by atoms with Crippen LogP contribution in [0.2, 0.25) is 0 Å². The highest BCUT2D eigenvalue weighted by atomic mass is 16.3. The minimum absolute atomic E-state index is 0.0277. The zero-order chi connectivity index (χ0) is 13.1. The fourth-order valence-corrected chi connectivity index (χ4v) is 2.27. The molecule has 1 aliphatic rings. The SMILES string of the molecule is Cc1c(O)cccc1C(=O)N(CCO)C1CCC1. The van der Waals surface area contributed by atoms with Gasteiger partial charge in [-0.3, -0.25) is 4.79 Å². The number of carbonyl (C=O) groups excluding carboxylic acids is 1. The standard InChI is InChI=1S/C14H19NO3/c1-10-12(6-3-7-13(10)17)14(18)15(8-9-16)11-4-2-5-11/h3,6-7,11,16-17H,2,4-5,8-9H2,1H3. The molecule has 1 aromatic carbocycles. The summed E-state index contributed by atoms with van der Waals surface area (Å²) < 4.78 is 0. The average molecular weight is 249 g/mol. The maximum Gasteiger partial charge on any atom is 0.254 e. The number of hydrogen-bond donors (Lipinski definition) is 2. The van der Waals surface area contributed by atoms with E-state index in [1.165, 1.54) is 0 Å². The molecule has 1 aromatic rings. The molecule has 0 spiro atoms. The van der Waals surface area contributed by atoms with Gasteiger partial charge in [0.1, 0.15) is 5.75 Å². The van der Waals surface area contributed by atoms with E-state index < -0.39 is 0 Å². The summed E-state index contributed by atoms with van der Waals surface area (Å²) in [6, 6.07) is 5.21. The first-order valence-electron chi connectivity index (χ1n) is 6.35. The molecule has 98 valence electrons. The number of benzene rings is 1. The largest absolute Gasteiger partial charge is 0.508 e. The lowest BCUT2D eigenvalue weighted by Gasteiger charge is -2.37. The third-order valence-electron chi connectivity index (χ3n) is 3.65. The topological polar surface area (TPSA) is 60.8 Å². The van der Waals surface area contributed by atoms with Gasteiger partial charge in [-0.15, -0.1) is 0 Å². The molecule has 0 bridgehead atoms. The predicted octanol–water partition coefficient (Wildman–Crippen LogP) is 1.69. The van der Waals surface area contributed by atoms with Gasteiger partial charge in [-0.25, -0.2) is 0 Å². The Labute approximate surface area is 107 Å². The number of amides is 1. The van der Waals surface area contributed by atoms with Crippen molar-refractivity contribution in [2.45, 2.75) is 32.2 Å². The van der Waals surface area contributed by atoms with Crippen LogP contribution in [0.25, 0.3) is 0 Å². The van der Waals surface area contributed by atoms with Crippen LogP contribution >= 0.6 is 0 Å². The van der Waals surface area contributed by atoms with Crippen molar-refractivity contribution < 1.29 is 15.0 Å². The van der Waals surface area contributed by atoms with Gasteiger partial charge in [-0.05, 0) is 38.3 Å². The molecule has 1 aliphatic carbocycles. The average Bonchev–Trinajstić information content (AvgIpc) is 2.29. The molecular formula is C14H19NO3. The molecule has 0 saturated heterocycles. The second-order valence-electron chi connectivity index (χ2n) is 4.76. The minimum atomic E-state index is -0.0952. The second kappa shape index (κ2) is 5.40. The maximum absolute atomic E-state index is 12.4. The molecule has 1 saturated carbocycles. The van der Waals surface area contributed by atoms with E-state index >= 15 is 0 Å². The smallest absolute Gasteiger partial charge is 0.254 e. The Balaban J connectivity index is 2.24. The number of aliphatic hydroxyl groups excluding tert-OH is 1. The summed E-state index contributed by atoms with van der Waals surface area (Å²) in [7, 11) is 0. The summed E-state index contributed by atoms with van der Waals surface area (Å²) in [4.78, 5) is 14.2. The molecule has 18 heavy (non-hydrogen) atoms. The van der Waals surface area contributed by atoms with Crippen molar-refractivity contribution in [2.24, 2.45) is 0 Å². The Hall–Kier alpha value is -1.55. The summed E-state index contributed by atoms with van der Waals surface area (Å²) in [6.45, 7) is 2.07. The lowest BCUT2D eigenvalue weighted by atomic mass is 9.90. The Kier molecular flexibility index (Phi) is 3.87. The van der Waals surface area contributed by atoms with Gasteiger partial charge in [-0.1, -0.05) is 6.07 Å². The third kappa shape index (κ3) is 2.34. The summed E-state index contributed by atoms with van der Waals surface area (Å²) in [6.07, 6.45) is 3.14. The van der Waals surface area contributed by atoms with Crippen LogP contribution in [-0.2, 0) is 0 Å². The summed E-state index contributed by atoms with van der Waals surface area (Å²) in [5.41, 5.74) is 1.13. The van der Waals surface area contributed by atoms with Crippen LogP contribution in [-0.4, -0.2) is 40.2 Å². The Morgan fingerprint density at radius 1 is 1.44 bits per heavy atom. The van der Waals surface area contributed by atoms with Gasteiger partial charge < -0.3 is 15.1 Å². The van der Waals surface area contributed by atoms with Crippen molar-refractivity contribution in [3.05, 3.63) is 29.3 Å². The lowest BCUT2D eigenvalue weighted by molar-refractivity contribution is 0.0524. The first kappa shape index (κ1) is 12.9. The van der Waals surface area contributed by atoms with Crippen molar-refractivity contribution in [3.63, 3.8) is 0 Å². The summed E-state index contributed by atoms with van der Waals surface area (Å²) >= 11 is 0. The van der Waals surface area contributed by atoms with Crippen LogP contribution in [0.3, 0.4) is 0 Å². The number of hydrogen-bond acceptors (Lipinski definition) is 3. The molecule has 1 amide bonds. The molecule has 0 aliphatic heterocycles. The van der Waals surface area contributed by atoms with Crippen molar-refractivity contribution >= 4 is 5.91 Å². The van der Waals surface area contributed by atoms with Crippen LogP contribution in [0, 0.1) is 6.92 Å². The number of nitrogens with zero attached hydrogens (tertiary/aromatic N) is 1. The summed E-state index contributed by atoms with van der Waals surface area (Å²) in [5, 5.41) is 18.7. The quantitative estimate of drug-likeness (QED) is 0.853. The van der Waals surface area contributed by atoms with Crippen molar-refractivity contribution in [3.8, 4) is 5.75 Å². The highest BCUT2D eigenvalue weighted by Crippen LogP contribution is 2.28. The fourth-order valence-electron chi connectivity index (χ4n) is 2.27. The first-order valence-corrected chi connectivity index (χ1v) is 6.35. The molecule has 0 atom stereocenters. The van der Waals surface area contributed by atoms with Gasteiger partial charge in [0.25, 0.3) is 5.91 Å². The van der Waals surface area contributed by atoms with Gasteiger partial charge in [0.05, 0.1) is 6.61 Å². The second-order valence-corrected chi connectivity index (χ2v) is 4.76. The van der Waals surface area contributed by atoms with Crippen LogP contribution in [0.1, 0.15) is 35.2 Å². The van der Waals surface area contributed by atoms with E-state index in [1.807, 2.05) is 0 Å². The van der Waals surface area contributed by atoms with Crippen molar-refractivity contribution in [1.82, 2.24) is 4.90 Å². The summed E-state index contributed by atoms with van der Waals surface area (Å²) in [5.74, 6) is 0.0422. The zero-order valence-corrected chi connectivity index (χ0v) is 10.6. The van der Waals surface area contributed by atoms with Crippen LogP contribution in [0.5, 0.6) is 5.75 Å². The molecule has 0 radical (unpaired) electrons. The van der Waals surface area contributed by atoms with Gasteiger partial charge >= 0.3 is 0 Å². The van der Waals surface area contributed by atoms with Crippen LogP contribution in [0.15, 0.2) is 18.2 Å². The number of phenols is 1. The van der Waals surface area contributed by atoms with E-state index in [0.29, 0.717) is 17.7 Å². The van der Waals surface area contributed by atoms with Gasteiger partial charge in [0.2, 0.25) is 0 Å². The zero-order valence-electron chi connectivity index (χ0n) is 10.6. The van der Waals surface area contributed by atoms with Crippen LogP contribution in [0.4, 0.5) is 0 Å². The van der Waals surface area contributed by atoms with E-state index in [4.69, 9.17) is 5.11 Å². The number of phenolic OH excluding ortho intramolecular Hbond substituents is 1. The highest BCUT2D eigenvalue weighted by molar-refractivity contribution is 5.96.